The van der Waals surface area contributed by atoms with Crippen LogP contribution in [0, 0.1) is 11.6 Å². The molecule has 0 saturated heterocycles. The maximum Gasteiger partial charge on any atom is 0.255 e. The molecule has 2 aromatic carbocycles. The molecule has 0 aliphatic carbocycles. The Hall–Kier alpha value is -2.63. The van der Waals surface area contributed by atoms with Crippen molar-refractivity contribution in [2.75, 3.05) is 18.5 Å². The van der Waals surface area contributed by atoms with Crippen molar-refractivity contribution in [3.63, 3.8) is 0 Å². The van der Waals surface area contributed by atoms with Crippen LogP contribution in [0.2, 0.25) is 0 Å². The summed E-state index contributed by atoms with van der Waals surface area (Å²) in [5, 5.41) is 2.25. The second-order valence-electron chi connectivity index (χ2n) is 5.35. The molecule has 1 N–H and O–H groups in total. The van der Waals surface area contributed by atoms with Gasteiger partial charge in [0.05, 0.1) is 13.2 Å². The number of benzene rings is 2. The summed E-state index contributed by atoms with van der Waals surface area (Å²) < 4.78 is 38.5. The smallest absolute Gasteiger partial charge is 0.255 e. The minimum Gasteiger partial charge on any atom is -0.490 e. The Labute approximate surface area is 145 Å². The molecule has 4 nitrogen and oxygen atoms in total. The molecule has 0 saturated carbocycles. The van der Waals surface area contributed by atoms with Crippen LogP contribution in [0.15, 0.2) is 36.4 Å². The largest absolute Gasteiger partial charge is 0.490 e. The first kappa shape index (κ1) is 18.7. The zero-order valence-electron chi connectivity index (χ0n) is 14.3. The van der Waals surface area contributed by atoms with Crippen molar-refractivity contribution >= 4 is 11.6 Å². The summed E-state index contributed by atoms with van der Waals surface area (Å²) in [7, 11) is 0. The minimum atomic E-state index is -0.835. The zero-order valence-corrected chi connectivity index (χ0v) is 14.3. The minimum absolute atomic E-state index is 0.217. The molecule has 0 aliphatic heterocycles. The van der Waals surface area contributed by atoms with E-state index in [1.54, 1.807) is 6.07 Å². The van der Waals surface area contributed by atoms with Crippen molar-refractivity contribution in [1.82, 2.24) is 0 Å². The Morgan fingerprint density at radius 2 is 1.76 bits per heavy atom. The molecule has 6 heteroatoms. The SMILES string of the molecule is CCCCOc1ccc(C(=O)Nc2c(F)cccc2F)cc1OCC. The Kier molecular flexibility index (Phi) is 6.74. The van der Waals surface area contributed by atoms with Crippen molar-refractivity contribution in [3.05, 3.63) is 53.6 Å². The molecule has 134 valence electrons. The van der Waals surface area contributed by atoms with Crippen molar-refractivity contribution < 1.29 is 23.0 Å². The van der Waals surface area contributed by atoms with Gasteiger partial charge in [-0.05, 0) is 43.7 Å². The van der Waals surface area contributed by atoms with E-state index in [9.17, 15) is 13.6 Å². The normalized spacial score (nSPS) is 10.4. The maximum atomic E-state index is 13.7. The van der Waals surface area contributed by atoms with Crippen molar-refractivity contribution in [2.45, 2.75) is 26.7 Å². The van der Waals surface area contributed by atoms with Gasteiger partial charge in [0.1, 0.15) is 17.3 Å². The van der Waals surface area contributed by atoms with E-state index in [1.165, 1.54) is 18.2 Å². The molecule has 0 heterocycles. The topological polar surface area (TPSA) is 47.6 Å². The van der Waals surface area contributed by atoms with Crippen LogP contribution >= 0.6 is 0 Å². The fourth-order valence-electron chi connectivity index (χ4n) is 2.17. The highest BCUT2D eigenvalue weighted by Crippen LogP contribution is 2.29. The number of unbranched alkanes of at least 4 members (excludes halogenated alkanes) is 1. The molecular formula is C19H21F2NO3. The number of nitrogens with one attached hydrogen (secondary N) is 1. The molecule has 0 fully saturated rings. The number of halogens is 2. The highest BCUT2D eigenvalue weighted by molar-refractivity contribution is 6.04. The summed E-state index contributed by atoms with van der Waals surface area (Å²) in [4.78, 5) is 12.3. The zero-order chi connectivity index (χ0) is 18.2. The molecule has 0 bridgehead atoms. The second kappa shape index (κ2) is 9.01. The van der Waals surface area contributed by atoms with Gasteiger partial charge in [-0.1, -0.05) is 19.4 Å². The van der Waals surface area contributed by atoms with Gasteiger partial charge in [0.25, 0.3) is 5.91 Å². The maximum absolute atomic E-state index is 13.7. The van der Waals surface area contributed by atoms with Crippen molar-refractivity contribution in [3.8, 4) is 11.5 Å². The number of hydrogen-bond donors (Lipinski definition) is 1. The van der Waals surface area contributed by atoms with Crippen LogP contribution in [0.3, 0.4) is 0 Å². The highest BCUT2D eigenvalue weighted by atomic mass is 19.1. The third-order valence-corrected chi connectivity index (χ3v) is 3.46. The van der Waals surface area contributed by atoms with Gasteiger partial charge in [-0.2, -0.15) is 0 Å². The average Bonchev–Trinajstić information content (AvgIpc) is 2.59. The second-order valence-corrected chi connectivity index (χ2v) is 5.35. The van der Waals surface area contributed by atoms with Gasteiger partial charge < -0.3 is 14.8 Å². The predicted octanol–water partition coefficient (Wildman–Crippen LogP) is 4.79. The lowest BCUT2D eigenvalue weighted by Crippen LogP contribution is -2.14. The van der Waals surface area contributed by atoms with Gasteiger partial charge in [0.2, 0.25) is 0 Å². The van der Waals surface area contributed by atoms with Gasteiger partial charge >= 0.3 is 0 Å². The fourth-order valence-corrected chi connectivity index (χ4v) is 2.17. The Balaban J connectivity index is 2.20. The van der Waals surface area contributed by atoms with E-state index in [4.69, 9.17) is 9.47 Å². The van der Waals surface area contributed by atoms with Crippen molar-refractivity contribution in [1.29, 1.82) is 0 Å². The number of ether oxygens (including phenoxy) is 2. The van der Waals surface area contributed by atoms with Crippen LogP contribution in [0.1, 0.15) is 37.0 Å². The monoisotopic (exact) mass is 349 g/mol. The van der Waals surface area contributed by atoms with E-state index < -0.39 is 23.2 Å². The third kappa shape index (κ3) is 4.92. The van der Waals surface area contributed by atoms with Gasteiger partial charge in [0.15, 0.2) is 11.5 Å². The van der Waals surface area contributed by atoms with E-state index in [0.717, 1.165) is 25.0 Å². The first-order valence-corrected chi connectivity index (χ1v) is 8.21. The number of carbonyl (C=O) groups is 1. The van der Waals surface area contributed by atoms with E-state index in [1.807, 2.05) is 6.92 Å². The molecule has 2 aromatic rings. The molecule has 0 atom stereocenters. The molecule has 0 aliphatic rings. The Morgan fingerprint density at radius 3 is 2.40 bits per heavy atom. The summed E-state index contributed by atoms with van der Waals surface area (Å²) in [6.45, 7) is 4.82. The molecule has 25 heavy (non-hydrogen) atoms. The van der Waals surface area contributed by atoms with E-state index >= 15 is 0 Å². The van der Waals surface area contributed by atoms with Crippen LogP contribution in [-0.2, 0) is 0 Å². The van der Waals surface area contributed by atoms with Crippen LogP contribution in [0.4, 0.5) is 14.5 Å². The van der Waals surface area contributed by atoms with Crippen LogP contribution in [0.5, 0.6) is 11.5 Å². The number of amides is 1. The fraction of sp³-hybridized carbons (Fsp3) is 0.316. The number of carbonyl (C=O) groups excluding carboxylic acids is 1. The van der Waals surface area contributed by atoms with Gasteiger partial charge in [-0.15, -0.1) is 0 Å². The summed E-state index contributed by atoms with van der Waals surface area (Å²) >= 11 is 0. The number of anilines is 1. The van der Waals surface area contributed by atoms with E-state index in [-0.39, 0.29) is 5.56 Å². The van der Waals surface area contributed by atoms with Crippen LogP contribution in [0.25, 0.3) is 0 Å². The number of rotatable bonds is 8. The number of para-hydroxylation sites is 1. The molecule has 2 rings (SSSR count). The number of hydrogen-bond acceptors (Lipinski definition) is 3. The van der Waals surface area contributed by atoms with Gasteiger partial charge in [-0.3, -0.25) is 4.79 Å². The third-order valence-electron chi connectivity index (χ3n) is 3.46. The molecule has 0 spiro atoms. The van der Waals surface area contributed by atoms with E-state index in [2.05, 4.69) is 12.2 Å². The summed E-state index contributed by atoms with van der Waals surface area (Å²) in [6, 6.07) is 8.03. The van der Waals surface area contributed by atoms with Gasteiger partial charge in [-0.25, -0.2) is 8.78 Å². The van der Waals surface area contributed by atoms with Crippen LogP contribution < -0.4 is 14.8 Å². The Bertz CT molecular complexity index is 714. The average molecular weight is 349 g/mol. The van der Waals surface area contributed by atoms with Crippen molar-refractivity contribution in [2.24, 2.45) is 0 Å². The molecule has 0 radical (unpaired) electrons. The predicted molar refractivity (Wildman–Crippen MR) is 92.3 cm³/mol. The summed E-state index contributed by atoms with van der Waals surface area (Å²) in [6.07, 6.45) is 1.90. The lowest BCUT2D eigenvalue weighted by Gasteiger charge is -2.13. The van der Waals surface area contributed by atoms with Gasteiger partial charge in [0, 0.05) is 5.56 Å². The quantitative estimate of drug-likeness (QED) is 0.697. The first-order valence-electron chi connectivity index (χ1n) is 8.21. The standard InChI is InChI=1S/C19H21F2NO3/c1-3-5-11-25-16-10-9-13(12-17(16)24-4-2)19(23)22-18-14(20)7-6-8-15(18)21/h6-10,12H,3-5,11H2,1-2H3,(H,22,23). The summed E-state index contributed by atoms with van der Waals surface area (Å²) in [5.41, 5.74) is -0.261. The molecule has 1 amide bonds. The summed E-state index contributed by atoms with van der Waals surface area (Å²) in [5.74, 6) is -1.36. The molecule has 0 aromatic heterocycles. The lowest BCUT2D eigenvalue weighted by atomic mass is 10.1. The Morgan fingerprint density at radius 1 is 1.04 bits per heavy atom. The van der Waals surface area contributed by atoms with E-state index in [0.29, 0.717) is 24.7 Å². The highest BCUT2D eigenvalue weighted by Gasteiger charge is 2.15. The first-order chi connectivity index (χ1) is 12.1. The van der Waals surface area contributed by atoms with Crippen LogP contribution in [-0.4, -0.2) is 19.1 Å². The lowest BCUT2D eigenvalue weighted by molar-refractivity contribution is 0.102. The molecular weight excluding hydrogens is 328 g/mol. The molecule has 0 unspecified atom stereocenters.